The lowest BCUT2D eigenvalue weighted by Gasteiger charge is -2.36. The highest BCUT2D eigenvalue weighted by atomic mass is 35.5. The van der Waals surface area contributed by atoms with Crippen LogP contribution in [0.25, 0.3) is 0 Å². The Bertz CT molecular complexity index is 342. The van der Waals surface area contributed by atoms with E-state index in [2.05, 4.69) is 24.1 Å². The van der Waals surface area contributed by atoms with E-state index < -0.39 is 0 Å². The minimum Gasteiger partial charge on any atom is -0.490 e. The van der Waals surface area contributed by atoms with Gasteiger partial charge in [-0.15, -0.1) is 12.4 Å². The molecular formula is C14H20ClNO. The summed E-state index contributed by atoms with van der Waals surface area (Å²) in [7, 11) is 2.26. The molecule has 3 rings (SSSR count). The fraction of sp³-hybridized carbons (Fsp3) is 0.571. The van der Waals surface area contributed by atoms with Crippen molar-refractivity contribution in [2.24, 2.45) is 0 Å². The van der Waals surface area contributed by atoms with Crippen molar-refractivity contribution in [3.8, 4) is 5.75 Å². The largest absolute Gasteiger partial charge is 0.490 e. The van der Waals surface area contributed by atoms with Crippen LogP contribution in [0.2, 0.25) is 0 Å². The summed E-state index contributed by atoms with van der Waals surface area (Å²) in [5.74, 6) is 1.02. The van der Waals surface area contributed by atoms with E-state index in [0.29, 0.717) is 6.10 Å². The first-order chi connectivity index (χ1) is 7.83. The Hall–Kier alpha value is -0.730. The first-order valence-corrected chi connectivity index (χ1v) is 6.26. The van der Waals surface area contributed by atoms with E-state index in [1.54, 1.807) is 0 Å². The molecule has 0 amide bonds. The van der Waals surface area contributed by atoms with Crippen LogP contribution < -0.4 is 4.74 Å². The minimum absolute atomic E-state index is 0. The average Bonchev–Trinajstić information content (AvgIpc) is 2.54. The summed E-state index contributed by atoms with van der Waals surface area (Å²) in [6.45, 7) is 0. The number of halogens is 1. The lowest BCUT2D eigenvalue weighted by Crippen LogP contribution is -2.43. The first-order valence-electron chi connectivity index (χ1n) is 6.26. The second-order valence-corrected chi connectivity index (χ2v) is 5.07. The topological polar surface area (TPSA) is 12.5 Å². The normalized spacial score (nSPS) is 31.9. The number of hydrogen-bond donors (Lipinski definition) is 0. The average molecular weight is 254 g/mol. The van der Waals surface area contributed by atoms with Gasteiger partial charge >= 0.3 is 0 Å². The van der Waals surface area contributed by atoms with Gasteiger partial charge in [0.05, 0.1) is 0 Å². The molecule has 0 radical (unpaired) electrons. The summed E-state index contributed by atoms with van der Waals surface area (Å²) in [5.41, 5.74) is 0. The summed E-state index contributed by atoms with van der Waals surface area (Å²) in [6.07, 6.45) is 5.53. The number of fused-ring (bicyclic) bond motifs is 2. The highest BCUT2D eigenvalue weighted by Gasteiger charge is 2.39. The SMILES string of the molecule is CN1[C@@H]2CC[C@H]1CC(Oc1ccccc1)C2.Cl. The minimum atomic E-state index is 0. The summed E-state index contributed by atoms with van der Waals surface area (Å²) in [6, 6.07) is 11.7. The standard InChI is InChI=1S/C14H19NO.ClH/c1-15-11-7-8-12(15)10-14(9-11)16-13-5-3-2-4-6-13;/h2-6,11-12,14H,7-10H2,1H3;1H/t11-,12+,14?;. The monoisotopic (exact) mass is 253 g/mol. The predicted octanol–water partition coefficient (Wildman–Crippen LogP) is 3.11. The van der Waals surface area contributed by atoms with Crippen LogP contribution in [0.5, 0.6) is 5.75 Å². The zero-order valence-electron chi connectivity index (χ0n) is 10.2. The van der Waals surface area contributed by atoms with Crippen LogP contribution >= 0.6 is 12.4 Å². The van der Waals surface area contributed by atoms with Crippen molar-refractivity contribution in [2.75, 3.05) is 7.05 Å². The van der Waals surface area contributed by atoms with Gasteiger partial charge in [0.25, 0.3) is 0 Å². The number of para-hydroxylation sites is 1. The van der Waals surface area contributed by atoms with Crippen LogP contribution in [-0.2, 0) is 0 Å². The number of hydrogen-bond acceptors (Lipinski definition) is 2. The van der Waals surface area contributed by atoms with Gasteiger partial charge in [-0.3, -0.25) is 0 Å². The van der Waals surface area contributed by atoms with Gasteiger partial charge in [0.15, 0.2) is 0 Å². The van der Waals surface area contributed by atoms with Crippen molar-refractivity contribution in [1.29, 1.82) is 0 Å². The molecule has 0 spiro atoms. The Kier molecular flexibility index (Phi) is 3.95. The third-order valence-electron chi connectivity index (χ3n) is 4.10. The Labute approximate surface area is 109 Å². The maximum absolute atomic E-state index is 6.06. The molecule has 0 aromatic heterocycles. The maximum atomic E-state index is 6.06. The van der Waals surface area contributed by atoms with Gasteiger partial charge in [-0.2, -0.15) is 0 Å². The molecular weight excluding hydrogens is 234 g/mol. The van der Waals surface area contributed by atoms with Gasteiger partial charge in [-0.1, -0.05) is 18.2 Å². The molecule has 2 fully saturated rings. The Morgan fingerprint density at radius 1 is 1.06 bits per heavy atom. The molecule has 2 bridgehead atoms. The van der Waals surface area contributed by atoms with Crippen molar-refractivity contribution < 1.29 is 4.74 Å². The van der Waals surface area contributed by atoms with Gasteiger partial charge in [0, 0.05) is 12.1 Å². The molecule has 2 aliphatic heterocycles. The summed E-state index contributed by atoms with van der Waals surface area (Å²) >= 11 is 0. The molecule has 2 nitrogen and oxygen atoms in total. The Balaban J connectivity index is 0.00000108. The van der Waals surface area contributed by atoms with Crippen LogP contribution in [0.3, 0.4) is 0 Å². The molecule has 17 heavy (non-hydrogen) atoms. The van der Waals surface area contributed by atoms with E-state index in [1.807, 2.05) is 18.2 Å². The molecule has 0 aliphatic carbocycles. The van der Waals surface area contributed by atoms with E-state index in [-0.39, 0.29) is 12.4 Å². The van der Waals surface area contributed by atoms with Crippen LogP contribution in [0.15, 0.2) is 30.3 Å². The lowest BCUT2D eigenvalue weighted by molar-refractivity contribution is 0.0662. The Morgan fingerprint density at radius 3 is 2.24 bits per heavy atom. The number of rotatable bonds is 2. The van der Waals surface area contributed by atoms with E-state index in [0.717, 1.165) is 17.8 Å². The zero-order chi connectivity index (χ0) is 11.0. The van der Waals surface area contributed by atoms with Crippen molar-refractivity contribution in [3.05, 3.63) is 30.3 Å². The molecule has 1 unspecified atom stereocenters. The number of nitrogens with zero attached hydrogens (tertiary/aromatic N) is 1. The molecule has 3 atom stereocenters. The van der Waals surface area contributed by atoms with E-state index in [9.17, 15) is 0 Å². The maximum Gasteiger partial charge on any atom is 0.119 e. The quantitative estimate of drug-likeness (QED) is 0.803. The third kappa shape index (κ3) is 2.58. The van der Waals surface area contributed by atoms with E-state index >= 15 is 0 Å². The van der Waals surface area contributed by atoms with Crippen molar-refractivity contribution in [1.82, 2.24) is 4.90 Å². The summed E-state index contributed by atoms with van der Waals surface area (Å²) in [4.78, 5) is 2.55. The summed E-state index contributed by atoms with van der Waals surface area (Å²) in [5, 5.41) is 0. The molecule has 0 N–H and O–H groups in total. The summed E-state index contributed by atoms with van der Waals surface area (Å²) < 4.78 is 6.06. The molecule has 2 aliphatic rings. The molecule has 1 aromatic rings. The lowest BCUT2D eigenvalue weighted by atomic mass is 10.0. The highest BCUT2D eigenvalue weighted by molar-refractivity contribution is 5.85. The fourth-order valence-electron chi connectivity index (χ4n) is 3.15. The zero-order valence-corrected chi connectivity index (χ0v) is 11.0. The fourth-order valence-corrected chi connectivity index (χ4v) is 3.15. The van der Waals surface area contributed by atoms with E-state index in [4.69, 9.17) is 4.74 Å². The van der Waals surface area contributed by atoms with Crippen molar-refractivity contribution in [2.45, 2.75) is 43.9 Å². The first kappa shape index (κ1) is 12.7. The predicted molar refractivity (Wildman–Crippen MR) is 71.9 cm³/mol. The smallest absolute Gasteiger partial charge is 0.119 e. The number of ether oxygens (including phenoxy) is 1. The molecule has 3 heteroatoms. The third-order valence-corrected chi connectivity index (χ3v) is 4.10. The van der Waals surface area contributed by atoms with Crippen LogP contribution in [-0.4, -0.2) is 30.1 Å². The number of benzene rings is 1. The van der Waals surface area contributed by atoms with Crippen molar-refractivity contribution >= 4 is 12.4 Å². The molecule has 2 saturated heterocycles. The van der Waals surface area contributed by atoms with Crippen LogP contribution in [0, 0.1) is 0 Å². The molecule has 2 heterocycles. The van der Waals surface area contributed by atoms with Gasteiger partial charge in [0.1, 0.15) is 11.9 Å². The molecule has 0 saturated carbocycles. The van der Waals surface area contributed by atoms with Gasteiger partial charge in [0.2, 0.25) is 0 Å². The highest BCUT2D eigenvalue weighted by Crippen LogP contribution is 2.35. The van der Waals surface area contributed by atoms with Gasteiger partial charge in [-0.25, -0.2) is 0 Å². The van der Waals surface area contributed by atoms with Crippen molar-refractivity contribution in [3.63, 3.8) is 0 Å². The molecule has 1 aromatic carbocycles. The second kappa shape index (κ2) is 5.28. The Morgan fingerprint density at radius 2 is 1.65 bits per heavy atom. The van der Waals surface area contributed by atoms with Crippen LogP contribution in [0.1, 0.15) is 25.7 Å². The second-order valence-electron chi connectivity index (χ2n) is 5.07. The van der Waals surface area contributed by atoms with Gasteiger partial charge in [-0.05, 0) is 44.9 Å². The van der Waals surface area contributed by atoms with E-state index in [1.165, 1.54) is 25.7 Å². The molecule has 94 valence electrons. The number of piperidine rings is 1. The van der Waals surface area contributed by atoms with Gasteiger partial charge < -0.3 is 9.64 Å². The van der Waals surface area contributed by atoms with Crippen LogP contribution in [0.4, 0.5) is 0 Å².